The van der Waals surface area contributed by atoms with Crippen LogP contribution in [0.4, 0.5) is 0 Å². The van der Waals surface area contributed by atoms with E-state index in [9.17, 15) is 0 Å². The van der Waals surface area contributed by atoms with E-state index in [0.29, 0.717) is 5.92 Å². The molecule has 0 bridgehead atoms. The van der Waals surface area contributed by atoms with Gasteiger partial charge in [0.2, 0.25) is 6.29 Å². The zero-order valence-electron chi connectivity index (χ0n) is 10.8. The average molecular weight is 256 g/mol. The number of hydrogen-bond acceptors (Lipinski definition) is 3. The molecule has 0 saturated carbocycles. The fourth-order valence-corrected chi connectivity index (χ4v) is 3.30. The van der Waals surface area contributed by atoms with Gasteiger partial charge in [-0.05, 0) is 23.3 Å². The van der Waals surface area contributed by atoms with Crippen LogP contribution in [0.1, 0.15) is 18.1 Å². The van der Waals surface area contributed by atoms with Crippen LogP contribution in [0.3, 0.4) is 0 Å². The first-order valence-electron chi connectivity index (χ1n) is 6.71. The summed E-state index contributed by atoms with van der Waals surface area (Å²) in [5, 5.41) is 2.45. The second-order valence-electron chi connectivity index (χ2n) is 5.16. The molecule has 2 aliphatic rings. The third-order valence-electron chi connectivity index (χ3n) is 4.18. The van der Waals surface area contributed by atoms with E-state index in [4.69, 9.17) is 14.2 Å². The van der Waals surface area contributed by atoms with Gasteiger partial charge in [0.25, 0.3) is 0 Å². The molecule has 0 unspecified atom stereocenters. The molecule has 0 aliphatic carbocycles. The van der Waals surface area contributed by atoms with Crippen molar-refractivity contribution in [3.05, 3.63) is 42.0 Å². The fourth-order valence-electron chi connectivity index (χ4n) is 3.30. The Morgan fingerprint density at radius 1 is 1.16 bits per heavy atom. The maximum atomic E-state index is 5.99. The van der Waals surface area contributed by atoms with Crippen molar-refractivity contribution < 1.29 is 14.2 Å². The Balaban J connectivity index is 1.96. The molecular formula is C16H16O3. The topological polar surface area (TPSA) is 27.7 Å². The van der Waals surface area contributed by atoms with Crippen molar-refractivity contribution >= 4 is 10.8 Å². The first kappa shape index (κ1) is 11.3. The normalized spacial score (nSPS) is 28.8. The quantitative estimate of drug-likeness (QED) is 0.783. The highest BCUT2D eigenvalue weighted by Crippen LogP contribution is 2.47. The molecule has 19 heavy (non-hydrogen) atoms. The van der Waals surface area contributed by atoms with Crippen molar-refractivity contribution in [3.63, 3.8) is 0 Å². The summed E-state index contributed by atoms with van der Waals surface area (Å²) < 4.78 is 17.4. The van der Waals surface area contributed by atoms with Crippen molar-refractivity contribution in [2.75, 3.05) is 13.7 Å². The van der Waals surface area contributed by atoms with Gasteiger partial charge in [-0.15, -0.1) is 0 Å². The van der Waals surface area contributed by atoms with Crippen molar-refractivity contribution in [1.82, 2.24) is 0 Å². The summed E-state index contributed by atoms with van der Waals surface area (Å²) in [5.74, 6) is 1.19. The van der Waals surface area contributed by atoms with Crippen LogP contribution in [0.15, 0.2) is 36.4 Å². The molecule has 3 nitrogen and oxygen atoms in total. The second-order valence-corrected chi connectivity index (χ2v) is 5.16. The minimum absolute atomic E-state index is 0.0577. The van der Waals surface area contributed by atoms with Gasteiger partial charge in [-0.1, -0.05) is 30.3 Å². The van der Waals surface area contributed by atoms with Gasteiger partial charge in [0, 0.05) is 12.7 Å². The van der Waals surface area contributed by atoms with E-state index >= 15 is 0 Å². The van der Waals surface area contributed by atoms with Crippen LogP contribution in [0, 0.1) is 5.92 Å². The molecule has 2 aromatic carbocycles. The van der Waals surface area contributed by atoms with Crippen molar-refractivity contribution in [1.29, 1.82) is 0 Å². The summed E-state index contributed by atoms with van der Waals surface area (Å²) >= 11 is 0. The van der Waals surface area contributed by atoms with Gasteiger partial charge in [0.1, 0.15) is 5.75 Å². The number of hydrogen-bond donors (Lipinski definition) is 0. The van der Waals surface area contributed by atoms with Gasteiger partial charge in [-0.3, -0.25) is 0 Å². The lowest BCUT2D eigenvalue weighted by molar-refractivity contribution is -0.111. The Morgan fingerprint density at radius 2 is 2.05 bits per heavy atom. The maximum Gasteiger partial charge on any atom is 0.205 e. The van der Waals surface area contributed by atoms with Gasteiger partial charge in [-0.2, -0.15) is 0 Å². The van der Waals surface area contributed by atoms with Gasteiger partial charge in [0.05, 0.1) is 18.6 Å². The highest BCUT2D eigenvalue weighted by Gasteiger charge is 2.43. The molecule has 0 amide bonds. The minimum Gasteiger partial charge on any atom is -0.464 e. The summed E-state index contributed by atoms with van der Waals surface area (Å²) in [6.45, 7) is 0.751. The van der Waals surface area contributed by atoms with E-state index < -0.39 is 0 Å². The van der Waals surface area contributed by atoms with E-state index in [-0.39, 0.29) is 12.4 Å². The van der Waals surface area contributed by atoms with E-state index in [1.165, 1.54) is 16.3 Å². The molecule has 98 valence electrons. The van der Waals surface area contributed by atoms with Crippen LogP contribution < -0.4 is 4.74 Å². The molecule has 1 fully saturated rings. The molecule has 0 radical (unpaired) electrons. The first-order valence-corrected chi connectivity index (χ1v) is 6.71. The lowest BCUT2D eigenvalue weighted by atomic mass is 9.87. The smallest absolute Gasteiger partial charge is 0.205 e. The van der Waals surface area contributed by atoms with Crippen LogP contribution in [-0.4, -0.2) is 20.0 Å². The molecule has 0 N–H and O–H groups in total. The van der Waals surface area contributed by atoms with E-state index in [2.05, 4.69) is 30.3 Å². The van der Waals surface area contributed by atoms with Crippen LogP contribution >= 0.6 is 0 Å². The van der Waals surface area contributed by atoms with Gasteiger partial charge in [-0.25, -0.2) is 0 Å². The molecule has 2 heterocycles. The zero-order valence-corrected chi connectivity index (χ0v) is 10.8. The number of benzene rings is 2. The van der Waals surface area contributed by atoms with E-state index in [1.807, 2.05) is 6.07 Å². The van der Waals surface area contributed by atoms with Crippen molar-refractivity contribution in [2.45, 2.75) is 18.8 Å². The third-order valence-corrected chi connectivity index (χ3v) is 4.18. The summed E-state index contributed by atoms with van der Waals surface area (Å²) in [4.78, 5) is 0. The summed E-state index contributed by atoms with van der Waals surface area (Å²) in [5.41, 5.74) is 1.17. The van der Waals surface area contributed by atoms with Crippen LogP contribution in [-0.2, 0) is 9.47 Å². The highest BCUT2D eigenvalue weighted by atomic mass is 16.7. The first-order chi connectivity index (χ1) is 9.38. The SMILES string of the molecule is CO[C@@H]1c2c(ccc3ccccc23)O[C@@H]2OCC[C@@H]21. The fraction of sp³-hybridized carbons (Fsp3) is 0.375. The Bertz CT molecular complexity index is 622. The Morgan fingerprint density at radius 3 is 2.95 bits per heavy atom. The van der Waals surface area contributed by atoms with Crippen LogP contribution in [0.2, 0.25) is 0 Å². The number of methoxy groups -OCH3 is 1. The lowest BCUT2D eigenvalue weighted by Gasteiger charge is -2.34. The average Bonchev–Trinajstić information content (AvgIpc) is 2.92. The molecule has 2 aliphatic heterocycles. The molecule has 3 atom stereocenters. The van der Waals surface area contributed by atoms with Crippen molar-refractivity contribution in [2.24, 2.45) is 5.92 Å². The molecular weight excluding hydrogens is 240 g/mol. The second kappa shape index (κ2) is 4.22. The summed E-state index contributed by atoms with van der Waals surface area (Å²) in [6, 6.07) is 12.5. The van der Waals surface area contributed by atoms with Crippen LogP contribution in [0.25, 0.3) is 10.8 Å². The molecule has 0 spiro atoms. The Labute approximate surface area is 112 Å². The van der Waals surface area contributed by atoms with Crippen molar-refractivity contribution in [3.8, 4) is 5.75 Å². The Hall–Kier alpha value is -1.58. The number of ether oxygens (including phenoxy) is 3. The zero-order chi connectivity index (χ0) is 12.8. The van der Waals surface area contributed by atoms with Crippen LogP contribution in [0.5, 0.6) is 5.75 Å². The largest absolute Gasteiger partial charge is 0.464 e. The molecule has 4 rings (SSSR count). The monoisotopic (exact) mass is 256 g/mol. The van der Waals surface area contributed by atoms with Gasteiger partial charge in [0.15, 0.2) is 0 Å². The standard InChI is InChI=1S/C16H16O3/c1-17-15-12-8-9-18-16(12)19-13-7-6-10-4-2-3-5-11(10)14(13)15/h2-7,12,15-16H,8-9H2,1H3/t12-,15+,16+/m1/s1. The minimum atomic E-state index is -0.154. The number of rotatable bonds is 1. The maximum absolute atomic E-state index is 5.99. The van der Waals surface area contributed by atoms with E-state index in [0.717, 1.165) is 18.8 Å². The molecule has 0 aromatic heterocycles. The molecule has 3 heteroatoms. The predicted octanol–water partition coefficient (Wildman–Crippen LogP) is 3.28. The molecule has 1 saturated heterocycles. The Kier molecular flexibility index (Phi) is 2.50. The third kappa shape index (κ3) is 1.58. The summed E-state index contributed by atoms with van der Waals surface area (Å²) in [6.07, 6.45) is 0.896. The highest BCUT2D eigenvalue weighted by molar-refractivity contribution is 5.88. The van der Waals surface area contributed by atoms with E-state index in [1.54, 1.807) is 7.11 Å². The van der Waals surface area contributed by atoms with Gasteiger partial charge < -0.3 is 14.2 Å². The molecule has 2 aromatic rings. The lowest BCUT2D eigenvalue weighted by Crippen LogP contribution is -2.33. The number of fused-ring (bicyclic) bond motifs is 4. The predicted molar refractivity (Wildman–Crippen MR) is 72.2 cm³/mol. The van der Waals surface area contributed by atoms with Gasteiger partial charge >= 0.3 is 0 Å². The summed E-state index contributed by atoms with van der Waals surface area (Å²) in [7, 11) is 1.77.